The molecule has 2 aromatic rings. The molecule has 7 heteroatoms. The minimum atomic E-state index is -0.627. The van der Waals surface area contributed by atoms with E-state index in [1.54, 1.807) is 11.3 Å². The van der Waals surface area contributed by atoms with E-state index >= 15 is 0 Å². The smallest absolute Gasteiger partial charge is 0.312 e. The van der Waals surface area contributed by atoms with Crippen LogP contribution in [0.25, 0.3) is 0 Å². The molecule has 0 radical (unpaired) electrons. The molecule has 3 amide bonds. The number of nitrogens with one attached hydrogen (secondary N) is 2. The Morgan fingerprint density at radius 3 is 2.08 bits per heavy atom. The Morgan fingerprint density at radius 2 is 1.62 bits per heavy atom. The zero-order chi connectivity index (χ0) is 17.5. The lowest BCUT2D eigenvalue weighted by Gasteiger charge is -2.22. The maximum absolute atomic E-state index is 12.5. The van der Waals surface area contributed by atoms with Crippen LogP contribution in [0.5, 0.6) is 0 Å². The van der Waals surface area contributed by atoms with Gasteiger partial charge in [0, 0.05) is 9.75 Å². The van der Waals surface area contributed by atoms with Crippen molar-refractivity contribution >= 4 is 34.6 Å². The molecule has 0 aromatic carbocycles. The highest BCUT2D eigenvalue weighted by Crippen LogP contribution is 2.27. The van der Waals surface area contributed by atoms with Crippen molar-refractivity contribution in [3.8, 4) is 0 Å². The van der Waals surface area contributed by atoms with Gasteiger partial charge in [0.25, 0.3) is 0 Å². The van der Waals surface area contributed by atoms with Gasteiger partial charge in [-0.15, -0.1) is 22.7 Å². The van der Waals surface area contributed by atoms with Gasteiger partial charge in [0.05, 0.1) is 18.5 Å². The summed E-state index contributed by atoms with van der Waals surface area (Å²) in [6.45, 7) is 4.27. The zero-order valence-electron chi connectivity index (χ0n) is 13.8. The number of carbonyl (C=O) groups excluding carboxylic acids is 2. The highest BCUT2D eigenvalue weighted by Gasteiger charge is 2.22. The Kier molecular flexibility index (Phi) is 6.81. The Bertz CT molecular complexity index is 639. The number of hydrogen-bond donors (Lipinski definition) is 3. The second-order valence-corrected chi connectivity index (χ2v) is 8.00. The summed E-state index contributed by atoms with van der Waals surface area (Å²) < 4.78 is 0. The average Bonchev–Trinajstić information content (AvgIpc) is 3.18. The van der Waals surface area contributed by atoms with Crippen molar-refractivity contribution in [1.82, 2.24) is 10.6 Å². The van der Waals surface area contributed by atoms with E-state index in [1.165, 1.54) is 11.3 Å². The monoisotopic (exact) mass is 365 g/mol. The van der Waals surface area contributed by atoms with Crippen molar-refractivity contribution in [2.24, 2.45) is 11.7 Å². The van der Waals surface area contributed by atoms with Gasteiger partial charge in [-0.1, -0.05) is 26.0 Å². The SMILES string of the molecule is CC(C)C[C@H](NC(=O)C[C@@H](NC(N)=O)c1cccs1)c1cccs1. The normalized spacial score (nSPS) is 13.5. The molecule has 130 valence electrons. The minimum Gasteiger partial charge on any atom is -0.352 e. The highest BCUT2D eigenvalue weighted by molar-refractivity contribution is 7.10. The van der Waals surface area contributed by atoms with Gasteiger partial charge >= 0.3 is 6.03 Å². The number of amides is 3. The molecule has 2 atom stereocenters. The first-order valence-corrected chi connectivity index (χ1v) is 9.63. The lowest BCUT2D eigenvalue weighted by molar-refractivity contribution is -0.122. The molecule has 0 saturated heterocycles. The summed E-state index contributed by atoms with van der Waals surface area (Å²) in [7, 11) is 0. The third-order valence-electron chi connectivity index (χ3n) is 3.52. The lowest BCUT2D eigenvalue weighted by atomic mass is 10.0. The number of primary amides is 1. The second kappa shape index (κ2) is 8.84. The molecule has 0 aliphatic rings. The van der Waals surface area contributed by atoms with Gasteiger partial charge in [-0.25, -0.2) is 4.79 Å². The van der Waals surface area contributed by atoms with Gasteiger partial charge in [-0.05, 0) is 35.2 Å². The Hall–Kier alpha value is -1.86. The number of hydrogen-bond acceptors (Lipinski definition) is 4. The maximum Gasteiger partial charge on any atom is 0.312 e. The number of carbonyl (C=O) groups is 2. The van der Waals surface area contributed by atoms with Crippen LogP contribution in [-0.4, -0.2) is 11.9 Å². The summed E-state index contributed by atoms with van der Waals surface area (Å²) in [5.41, 5.74) is 5.24. The molecule has 0 bridgehead atoms. The summed E-state index contributed by atoms with van der Waals surface area (Å²) in [5, 5.41) is 9.68. The first-order chi connectivity index (χ1) is 11.5. The molecule has 2 rings (SSSR count). The maximum atomic E-state index is 12.5. The lowest BCUT2D eigenvalue weighted by Crippen LogP contribution is -2.37. The van der Waals surface area contributed by atoms with Gasteiger partial charge < -0.3 is 16.4 Å². The Labute approximate surface area is 150 Å². The highest BCUT2D eigenvalue weighted by atomic mass is 32.1. The summed E-state index contributed by atoms with van der Waals surface area (Å²) in [5.74, 6) is 0.371. The fourth-order valence-electron chi connectivity index (χ4n) is 2.53. The summed E-state index contributed by atoms with van der Waals surface area (Å²) in [6.07, 6.45) is 1.04. The minimum absolute atomic E-state index is 0.00457. The third kappa shape index (κ3) is 5.65. The van der Waals surface area contributed by atoms with Crippen molar-refractivity contribution < 1.29 is 9.59 Å². The van der Waals surface area contributed by atoms with Crippen LogP contribution in [0.4, 0.5) is 4.79 Å². The van der Waals surface area contributed by atoms with E-state index in [2.05, 4.69) is 24.5 Å². The molecule has 0 aliphatic carbocycles. The van der Waals surface area contributed by atoms with Crippen molar-refractivity contribution in [3.63, 3.8) is 0 Å². The third-order valence-corrected chi connectivity index (χ3v) is 5.49. The molecule has 2 heterocycles. The number of nitrogens with two attached hydrogens (primary N) is 1. The van der Waals surface area contributed by atoms with Gasteiger partial charge in [0.2, 0.25) is 5.91 Å². The molecule has 0 unspecified atom stereocenters. The van der Waals surface area contributed by atoms with Gasteiger partial charge in [0.15, 0.2) is 0 Å². The van der Waals surface area contributed by atoms with Crippen molar-refractivity contribution in [3.05, 3.63) is 44.8 Å². The van der Waals surface area contributed by atoms with Crippen LogP contribution >= 0.6 is 22.7 Å². The standard InChI is InChI=1S/C17H23N3O2S2/c1-11(2)9-12(14-5-3-7-23-14)19-16(21)10-13(20-17(18)22)15-6-4-8-24-15/h3-8,11-13H,9-10H2,1-2H3,(H,19,21)(H3,18,20,22)/t12-,13+/m0/s1. The van der Waals surface area contributed by atoms with E-state index < -0.39 is 12.1 Å². The topological polar surface area (TPSA) is 84.2 Å². The summed E-state index contributed by atoms with van der Waals surface area (Å²) >= 11 is 3.13. The van der Waals surface area contributed by atoms with E-state index in [4.69, 9.17) is 5.73 Å². The molecule has 0 fully saturated rings. The molecular weight excluding hydrogens is 342 g/mol. The molecule has 0 spiro atoms. The zero-order valence-corrected chi connectivity index (χ0v) is 15.5. The molecule has 5 nitrogen and oxygen atoms in total. The van der Waals surface area contributed by atoms with Crippen LogP contribution in [0.15, 0.2) is 35.0 Å². The summed E-state index contributed by atoms with van der Waals surface area (Å²) in [4.78, 5) is 25.8. The van der Waals surface area contributed by atoms with E-state index in [-0.39, 0.29) is 18.4 Å². The van der Waals surface area contributed by atoms with Crippen LogP contribution < -0.4 is 16.4 Å². The van der Waals surface area contributed by atoms with Crippen LogP contribution in [0, 0.1) is 5.92 Å². The molecule has 0 saturated carbocycles. The van der Waals surface area contributed by atoms with Crippen LogP contribution in [0.1, 0.15) is 48.5 Å². The predicted molar refractivity (Wildman–Crippen MR) is 99.1 cm³/mol. The van der Waals surface area contributed by atoms with Crippen molar-refractivity contribution in [2.75, 3.05) is 0 Å². The van der Waals surface area contributed by atoms with Crippen LogP contribution in [-0.2, 0) is 4.79 Å². The number of rotatable bonds is 8. The van der Waals surface area contributed by atoms with E-state index in [0.717, 1.165) is 16.2 Å². The van der Waals surface area contributed by atoms with Crippen LogP contribution in [0.2, 0.25) is 0 Å². The molecule has 4 N–H and O–H groups in total. The Morgan fingerprint density at radius 1 is 1.04 bits per heavy atom. The van der Waals surface area contributed by atoms with Gasteiger partial charge in [0.1, 0.15) is 0 Å². The van der Waals surface area contributed by atoms with Gasteiger partial charge in [-0.2, -0.15) is 0 Å². The molecule has 24 heavy (non-hydrogen) atoms. The van der Waals surface area contributed by atoms with Crippen molar-refractivity contribution in [1.29, 1.82) is 0 Å². The average molecular weight is 366 g/mol. The number of thiophene rings is 2. The largest absolute Gasteiger partial charge is 0.352 e. The fourth-order valence-corrected chi connectivity index (χ4v) is 4.10. The number of urea groups is 1. The first kappa shape index (κ1) is 18.5. The van der Waals surface area contributed by atoms with Gasteiger partial charge in [-0.3, -0.25) is 4.79 Å². The first-order valence-electron chi connectivity index (χ1n) is 7.87. The van der Waals surface area contributed by atoms with Crippen LogP contribution in [0.3, 0.4) is 0 Å². The van der Waals surface area contributed by atoms with E-state index in [0.29, 0.717) is 5.92 Å². The van der Waals surface area contributed by atoms with E-state index in [1.807, 2.05) is 35.0 Å². The van der Waals surface area contributed by atoms with Crippen molar-refractivity contribution in [2.45, 2.75) is 38.8 Å². The second-order valence-electron chi connectivity index (χ2n) is 6.05. The fraction of sp³-hybridized carbons (Fsp3) is 0.412. The summed E-state index contributed by atoms with van der Waals surface area (Å²) in [6, 6.07) is 6.78. The molecule has 2 aromatic heterocycles. The predicted octanol–water partition coefficient (Wildman–Crippen LogP) is 3.81. The molecular formula is C17H23N3O2S2. The molecule has 0 aliphatic heterocycles. The van der Waals surface area contributed by atoms with E-state index in [9.17, 15) is 9.59 Å². The Balaban J connectivity index is 2.04. The quantitative estimate of drug-likeness (QED) is 0.664.